The van der Waals surface area contributed by atoms with E-state index in [9.17, 15) is 35.9 Å². The molecule has 0 saturated carbocycles. The fourth-order valence-electron chi connectivity index (χ4n) is 2.58. The Balaban J connectivity index is 1.65. The van der Waals surface area contributed by atoms with Gasteiger partial charge in [0.05, 0.1) is 22.1 Å². The van der Waals surface area contributed by atoms with Crippen molar-refractivity contribution in [2.24, 2.45) is 0 Å². The molecule has 2 aromatic carbocycles. The lowest BCUT2D eigenvalue weighted by atomic mass is 10.1. The summed E-state index contributed by atoms with van der Waals surface area (Å²) in [6.07, 6.45) is -9.36. The molecule has 2 N–H and O–H groups in total. The molecular weight excluding hydrogens is 422 g/mol. The van der Waals surface area contributed by atoms with E-state index >= 15 is 0 Å². The van der Waals surface area contributed by atoms with Gasteiger partial charge < -0.3 is 10.6 Å². The number of hydrogen-bond acceptors (Lipinski definition) is 3. The zero-order chi connectivity index (χ0) is 21.4. The maximum atomic E-state index is 12.8. The summed E-state index contributed by atoms with van der Waals surface area (Å²) < 4.78 is 75.9. The second-order valence-corrected chi connectivity index (χ2v) is 7.38. The Labute approximate surface area is 164 Å². The Hall–Kier alpha value is -2.69. The van der Waals surface area contributed by atoms with E-state index in [-0.39, 0.29) is 17.8 Å². The van der Waals surface area contributed by atoms with Crippen molar-refractivity contribution >= 4 is 35.0 Å². The van der Waals surface area contributed by atoms with Gasteiger partial charge in [-0.3, -0.25) is 9.59 Å². The Morgan fingerprint density at radius 3 is 2.14 bits per heavy atom. The zero-order valence-electron chi connectivity index (χ0n) is 14.3. The van der Waals surface area contributed by atoms with Crippen molar-refractivity contribution in [3.8, 4) is 0 Å². The Morgan fingerprint density at radius 1 is 0.966 bits per heavy atom. The summed E-state index contributed by atoms with van der Waals surface area (Å²) in [5.74, 6) is -1.25. The third-order valence-electron chi connectivity index (χ3n) is 3.99. The molecule has 1 aliphatic rings. The topological polar surface area (TPSA) is 58.2 Å². The molecule has 2 aromatic rings. The minimum Gasteiger partial charge on any atom is -0.326 e. The predicted molar refractivity (Wildman–Crippen MR) is 94.4 cm³/mol. The summed E-state index contributed by atoms with van der Waals surface area (Å²) in [5.41, 5.74) is -1.64. The van der Waals surface area contributed by atoms with Crippen LogP contribution in [0, 0.1) is 0 Å². The number of anilines is 2. The summed E-state index contributed by atoms with van der Waals surface area (Å²) in [5, 5.41) is 3.85. The SMILES string of the molecule is O=C(C[C@H]1Sc2ccc(C(F)(F)F)cc2NC1=O)Nc1ccc(C(F)(F)F)cc1. The molecule has 1 atom stereocenters. The summed E-state index contributed by atoms with van der Waals surface area (Å²) in [6, 6.07) is 6.70. The first-order chi connectivity index (χ1) is 13.4. The third kappa shape index (κ3) is 5.03. The van der Waals surface area contributed by atoms with Gasteiger partial charge in [-0.2, -0.15) is 26.3 Å². The van der Waals surface area contributed by atoms with Crippen LogP contribution in [0.4, 0.5) is 37.7 Å². The van der Waals surface area contributed by atoms with Crippen LogP contribution in [0.15, 0.2) is 47.4 Å². The molecule has 0 saturated heterocycles. The standard InChI is InChI=1S/C18H12F6N2O2S/c19-17(20,21)9-1-4-11(5-2-9)25-15(27)8-14-16(28)26-12-7-10(18(22,23)24)3-6-13(12)29-14/h1-7,14H,8H2,(H,25,27)(H,26,28)/t14-/m1/s1. The van der Waals surface area contributed by atoms with Gasteiger partial charge in [0.25, 0.3) is 0 Å². The van der Waals surface area contributed by atoms with Crippen molar-refractivity contribution in [2.75, 3.05) is 10.6 Å². The first-order valence-corrected chi connectivity index (χ1v) is 8.97. The Bertz CT molecular complexity index is 941. The number of carbonyl (C=O) groups excluding carboxylic acids is 2. The summed E-state index contributed by atoms with van der Waals surface area (Å²) in [4.78, 5) is 24.7. The highest BCUT2D eigenvalue weighted by Gasteiger charge is 2.34. The van der Waals surface area contributed by atoms with Crippen LogP contribution in [-0.4, -0.2) is 17.1 Å². The summed E-state index contributed by atoms with van der Waals surface area (Å²) in [6.45, 7) is 0. The molecule has 154 valence electrons. The van der Waals surface area contributed by atoms with E-state index < -0.39 is 40.5 Å². The number of nitrogens with one attached hydrogen (secondary N) is 2. The number of halogens is 6. The molecule has 11 heteroatoms. The minimum absolute atomic E-state index is 0.00854. The number of benzene rings is 2. The van der Waals surface area contributed by atoms with Gasteiger partial charge in [0.1, 0.15) is 0 Å². The minimum atomic E-state index is -4.55. The average Bonchev–Trinajstić information content (AvgIpc) is 2.60. The van der Waals surface area contributed by atoms with Gasteiger partial charge >= 0.3 is 12.4 Å². The monoisotopic (exact) mass is 434 g/mol. The van der Waals surface area contributed by atoms with Gasteiger partial charge in [-0.05, 0) is 42.5 Å². The van der Waals surface area contributed by atoms with E-state index in [4.69, 9.17) is 0 Å². The van der Waals surface area contributed by atoms with Crippen molar-refractivity contribution < 1.29 is 35.9 Å². The maximum absolute atomic E-state index is 12.8. The molecule has 1 aliphatic heterocycles. The Kier molecular flexibility index (Phi) is 5.52. The highest BCUT2D eigenvalue weighted by atomic mass is 32.2. The molecule has 0 unspecified atom stereocenters. The molecule has 0 spiro atoms. The van der Waals surface area contributed by atoms with E-state index in [1.807, 2.05) is 0 Å². The zero-order valence-corrected chi connectivity index (χ0v) is 15.1. The quantitative estimate of drug-likeness (QED) is 0.656. The summed E-state index contributed by atoms with van der Waals surface area (Å²) in [7, 11) is 0. The number of rotatable bonds is 3. The number of thioether (sulfide) groups is 1. The molecule has 2 amide bonds. The number of fused-ring (bicyclic) bond motifs is 1. The number of hydrogen-bond donors (Lipinski definition) is 2. The highest BCUT2D eigenvalue weighted by Crippen LogP contribution is 2.40. The lowest BCUT2D eigenvalue weighted by Gasteiger charge is -2.24. The Morgan fingerprint density at radius 2 is 1.55 bits per heavy atom. The van der Waals surface area contributed by atoms with Gasteiger partial charge in [0.2, 0.25) is 11.8 Å². The van der Waals surface area contributed by atoms with Crippen LogP contribution in [0.3, 0.4) is 0 Å². The second kappa shape index (κ2) is 7.62. The molecule has 0 radical (unpaired) electrons. The van der Waals surface area contributed by atoms with E-state index in [1.54, 1.807) is 0 Å². The average molecular weight is 434 g/mol. The molecule has 0 bridgehead atoms. The first-order valence-electron chi connectivity index (χ1n) is 8.09. The smallest absolute Gasteiger partial charge is 0.326 e. The molecule has 3 rings (SSSR count). The molecule has 0 fully saturated rings. The molecule has 4 nitrogen and oxygen atoms in total. The van der Waals surface area contributed by atoms with E-state index in [1.165, 1.54) is 6.07 Å². The van der Waals surface area contributed by atoms with Crippen molar-refractivity contribution in [3.05, 3.63) is 53.6 Å². The van der Waals surface area contributed by atoms with Crippen LogP contribution in [0.5, 0.6) is 0 Å². The van der Waals surface area contributed by atoms with Crippen LogP contribution in [0.25, 0.3) is 0 Å². The van der Waals surface area contributed by atoms with Gasteiger partial charge in [-0.25, -0.2) is 0 Å². The second-order valence-electron chi connectivity index (χ2n) is 6.13. The maximum Gasteiger partial charge on any atom is 0.416 e. The van der Waals surface area contributed by atoms with Crippen LogP contribution in [0.1, 0.15) is 17.5 Å². The molecule has 1 heterocycles. The molecular formula is C18H12F6N2O2S. The van der Waals surface area contributed by atoms with Gasteiger partial charge in [0.15, 0.2) is 0 Å². The van der Waals surface area contributed by atoms with E-state index in [0.29, 0.717) is 4.90 Å². The van der Waals surface area contributed by atoms with Crippen LogP contribution in [-0.2, 0) is 21.9 Å². The van der Waals surface area contributed by atoms with Crippen LogP contribution < -0.4 is 10.6 Å². The van der Waals surface area contributed by atoms with E-state index in [2.05, 4.69) is 10.6 Å². The lowest BCUT2D eigenvalue weighted by Crippen LogP contribution is -2.32. The largest absolute Gasteiger partial charge is 0.416 e. The van der Waals surface area contributed by atoms with Gasteiger partial charge in [0, 0.05) is 17.0 Å². The van der Waals surface area contributed by atoms with Crippen molar-refractivity contribution in [2.45, 2.75) is 28.9 Å². The van der Waals surface area contributed by atoms with Crippen molar-refractivity contribution in [1.82, 2.24) is 0 Å². The lowest BCUT2D eigenvalue weighted by molar-refractivity contribution is -0.138. The van der Waals surface area contributed by atoms with Gasteiger partial charge in [-0.15, -0.1) is 11.8 Å². The fraction of sp³-hybridized carbons (Fsp3) is 0.222. The number of amides is 2. The van der Waals surface area contributed by atoms with Crippen LogP contribution in [0.2, 0.25) is 0 Å². The van der Waals surface area contributed by atoms with E-state index in [0.717, 1.165) is 48.2 Å². The predicted octanol–water partition coefficient (Wildman–Crippen LogP) is 5.17. The number of alkyl halides is 6. The third-order valence-corrected chi connectivity index (χ3v) is 5.27. The molecule has 29 heavy (non-hydrogen) atoms. The van der Waals surface area contributed by atoms with Crippen LogP contribution >= 0.6 is 11.8 Å². The molecule has 0 aromatic heterocycles. The van der Waals surface area contributed by atoms with Gasteiger partial charge in [-0.1, -0.05) is 0 Å². The fourth-order valence-corrected chi connectivity index (χ4v) is 3.67. The van der Waals surface area contributed by atoms with Crippen molar-refractivity contribution in [3.63, 3.8) is 0 Å². The first kappa shape index (κ1) is 21.0. The summed E-state index contributed by atoms with van der Waals surface area (Å²) >= 11 is 0.940. The highest BCUT2D eigenvalue weighted by molar-refractivity contribution is 8.01. The number of carbonyl (C=O) groups is 2. The van der Waals surface area contributed by atoms with Crippen molar-refractivity contribution in [1.29, 1.82) is 0 Å². The molecule has 0 aliphatic carbocycles. The normalized spacial score (nSPS) is 16.8.